The minimum absolute atomic E-state index is 0.225. The Morgan fingerprint density at radius 2 is 2.00 bits per heavy atom. The van der Waals surface area contributed by atoms with Crippen molar-refractivity contribution in [3.8, 4) is 0 Å². The van der Waals surface area contributed by atoms with E-state index in [2.05, 4.69) is 67.7 Å². The number of hydrogen-bond donors (Lipinski definition) is 0. The van der Waals surface area contributed by atoms with Gasteiger partial charge in [0.25, 0.3) is 0 Å². The third-order valence-electron chi connectivity index (χ3n) is 4.12. The molecule has 0 saturated heterocycles. The van der Waals surface area contributed by atoms with Gasteiger partial charge in [0.15, 0.2) is 0 Å². The van der Waals surface area contributed by atoms with Crippen LogP contribution in [0.5, 0.6) is 0 Å². The van der Waals surface area contributed by atoms with E-state index >= 15 is 0 Å². The average molecular weight is 331 g/mol. The molecule has 0 bridgehead atoms. The van der Waals surface area contributed by atoms with Crippen LogP contribution < -0.4 is 0 Å². The van der Waals surface area contributed by atoms with Crippen LogP contribution in [0.4, 0.5) is 0 Å². The second kappa shape index (κ2) is 5.83. The Bertz CT molecular complexity index is 767. The average Bonchev–Trinajstić information content (AvgIpc) is 3.17. The first kappa shape index (κ1) is 13.9. The molecule has 4 rings (SSSR count). The van der Waals surface area contributed by atoms with Crippen LogP contribution in [-0.4, -0.2) is 25.6 Å². The molecule has 22 heavy (non-hydrogen) atoms. The van der Waals surface area contributed by atoms with E-state index in [4.69, 9.17) is 11.6 Å². The Morgan fingerprint density at radius 1 is 1.14 bits per heavy atom. The van der Waals surface area contributed by atoms with Crippen molar-refractivity contribution in [3.63, 3.8) is 0 Å². The minimum Gasteiger partial charge on any atom is -0.348 e. The first-order chi connectivity index (χ1) is 10.8. The molecule has 4 nitrogen and oxygen atoms in total. The van der Waals surface area contributed by atoms with Gasteiger partial charge >= 0.3 is 0 Å². The van der Waals surface area contributed by atoms with Gasteiger partial charge < -0.3 is 4.57 Å². The maximum Gasteiger partial charge on any atom is 0.138 e. The molecular weight excluding hydrogens is 316 g/mol. The molecule has 2 aromatic heterocycles. The number of benzene rings is 1. The Balaban J connectivity index is 1.73. The molecule has 0 spiro atoms. The van der Waals surface area contributed by atoms with Crippen LogP contribution in [0, 0.1) is 0 Å². The molecule has 6 heteroatoms. The molecule has 0 aliphatic carbocycles. The molecule has 0 N–H and O–H groups in total. The molecule has 1 atom stereocenters. The van der Waals surface area contributed by atoms with Crippen molar-refractivity contribution >= 4 is 23.1 Å². The Morgan fingerprint density at radius 3 is 2.77 bits per heavy atom. The second-order valence-corrected chi connectivity index (χ2v) is 6.76. The van der Waals surface area contributed by atoms with E-state index in [1.54, 1.807) is 0 Å². The normalized spacial score (nSPS) is 18.3. The van der Waals surface area contributed by atoms with Crippen LogP contribution in [0.3, 0.4) is 0 Å². The molecule has 3 aromatic rings. The summed E-state index contributed by atoms with van der Waals surface area (Å²) in [7, 11) is 0. The summed E-state index contributed by atoms with van der Waals surface area (Å²) in [6.45, 7) is 2.68. The number of halogens is 1. The molecule has 0 amide bonds. The van der Waals surface area contributed by atoms with Crippen LogP contribution in [-0.2, 0) is 13.1 Å². The highest BCUT2D eigenvalue weighted by molar-refractivity contribution is 7.10. The topological polar surface area (TPSA) is 34.0 Å². The van der Waals surface area contributed by atoms with Gasteiger partial charge in [-0.1, -0.05) is 46.4 Å². The van der Waals surface area contributed by atoms with Crippen molar-refractivity contribution in [1.29, 1.82) is 0 Å². The van der Waals surface area contributed by atoms with Crippen molar-refractivity contribution in [2.45, 2.75) is 19.1 Å². The van der Waals surface area contributed by atoms with Gasteiger partial charge in [0.1, 0.15) is 10.0 Å². The molecule has 0 saturated carbocycles. The summed E-state index contributed by atoms with van der Waals surface area (Å²) < 4.78 is 6.96. The molecule has 0 radical (unpaired) electrons. The standard InChI is InChI=1S/C16H15ClN4S/c17-16-13(18-19-22-16)11-21-10-9-20-8-4-7-14(20)15(21)12-5-2-1-3-6-12/h1-8,15H,9-11H2. The SMILES string of the molecule is Clc1snnc1CN1CCn2cccc2C1c1ccccc1. The van der Waals surface area contributed by atoms with Crippen molar-refractivity contribution in [1.82, 2.24) is 19.1 Å². The third-order valence-corrected chi connectivity index (χ3v) is 5.10. The van der Waals surface area contributed by atoms with E-state index < -0.39 is 0 Å². The van der Waals surface area contributed by atoms with Crippen LogP contribution in [0.25, 0.3) is 0 Å². The third kappa shape index (κ3) is 2.45. The van der Waals surface area contributed by atoms with Gasteiger partial charge in [0.05, 0.1) is 6.04 Å². The summed E-state index contributed by atoms with van der Waals surface area (Å²) in [6.07, 6.45) is 2.15. The smallest absolute Gasteiger partial charge is 0.138 e. The molecule has 1 aliphatic heterocycles. The van der Waals surface area contributed by atoms with Gasteiger partial charge in [-0.05, 0) is 17.7 Å². The largest absolute Gasteiger partial charge is 0.348 e. The number of hydrogen-bond acceptors (Lipinski definition) is 4. The fourth-order valence-electron chi connectivity index (χ4n) is 3.10. The van der Waals surface area contributed by atoms with Crippen molar-refractivity contribution in [2.24, 2.45) is 0 Å². The van der Waals surface area contributed by atoms with E-state index in [9.17, 15) is 0 Å². The predicted octanol–water partition coefficient (Wildman–Crippen LogP) is 3.60. The zero-order valence-electron chi connectivity index (χ0n) is 11.9. The summed E-state index contributed by atoms with van der Waals surface area (Å²) in [4.78, 5) is 2.42. The molecular formula is C16H15ClN4S. The van der Waals surface area contributed by atoms with E-state index in [0.29, 0.717) is 4.34 Å². The van der Waals surface area contributed by atoms with Gasteiger partial charge in [0.2, 0.25) is 0 Å². The fourth-order valence-corrected chi connectivity index (χ4v) is 3.71. The molecule has 0 fully saturated rings. The lowest BCUT2D eigenvalue weighted by Gasteiger charge is -2.37. The van der Waals surface area contributed by atoms with Crippen molar-refractivity contribution in [2.75, 3.05) is 6.54 Å². The second-order valence-electron chi connectivity index (χ2n) is 5.40. The van der Waals surface area contributed by atoms with Crippen LogP contribution in [0.1, 0.15) is 23.0 Å². The molecule has 1 aromatic carbocycles. The van der Waals surface area contributed by atoms with E-state index in [1.807, 2.05) is 0 Å². The lowest BCUT2D eigenvalue weighted by molar-refractivity contribution is 0.172. The van der Waals surface area contributed by atoms with E-state index in [-0.39, 0.29) is 6.04 Å². The maximum absolute atomic E-state index is 6.19. The zero-order valence-corrected chi connectivity index (χ0v) is 13.5. The summed E-state index contributed by atoms with van der Waals surface area (Å²) in [5.41, 5.74) is 3.48. The fraction of sp³-hybridized carbons (Fsp3) is 0.250. The number of fused-ring (bicyclic) bond motifs is 1. The highest BCUT2D eigenvalue weighted by Crippen LogP contribution is 2.34. The Kier molecular flexibility index (Phi) is 3.70. The van der Waals surface area contributed by atoms with Crippen LogP contribution in [0.15, 0.2) is 48.7 Å². The van der Waals surface area contributed by atoms with Gasteiger partial charge in [-0.25, -0.2) is 0 Å². The molecule has 112 valence electrons. The zero-order chi connectivity index (χ0) is 14.9. The number of rotatable bonds is 3. The maximum atomic E-state index is 6.19. The molecule has 3 heterocycles. The van der Waals surface area contributed by atoms with Gasteiger partial charge in [0, 0.05) is 43.1 Å². The summed E-state index contributed by atoms with van der Waals surface area (Å²) in [5.74, 6) is 0. The Labute approximate surface area is 138 Å². The number of aromatic nitrogens is 3. The minimum atomic E-state index is 0.225. The van der Waals surface area contributed by atoms with Gasteiger partial charge in [-0.15, -0.1) is 5.10 Å². The molecule has 1 unspecified atom stereocenters. The highest BCUT2D eigenvalue weighted by Gasteiger charge is 2.29. The number of nitrogens with zero attached hydrogens (tertiary/aromatic N) is 4. The summed E-state index contributed by atoms with van der Waals surface area (Å²) >= 11 is 7.44. The quantitative estimate of drug-likeness (QED) is 0.736. The van der Waals surface area contributed by atoms with Crippen molar-refractivity contribution in [3.05, 3.63) is 69.9 Å². The first-order valence-electron chi connectivity index (χ1n) is 7.23. The first-order valence-corrected chi connectivity index (χ1v) is 8.39. The summed E-state index contributed by atoms with van der Waals surface area (Å²) in [5, 5.41) is 4.17. The molecule has 1 aliphatic rings. The van der Waals surface area contributed by atoms with E-state index in [1.165, 1.54) is 22.8 Å². The lowest BCUT2D eigenvalue weighted by Crippen LogP contribution is -2.38. The van der Waals surface area contributed by atoms with Crippen LogP contribution in [0.2, 0.25) is 4.34 Å². The van der Waals surface area contributed by atoms with Crippen molar-refractivity contribution < 1.29 is 0 Å². The van der Waals surface area contributed by atoms with Gasteiger partial charge in [-0.3, -0.25) is 4.90 Å². The van der Waals surface area contributed by atoms with Gasteiger partial charge in [-0.2, -0.15) is 0 Å². The van der Waals surface area contributed by atoms with E-state index in [0.717, 1.165) is 25.3 Å². The van der Waals surface area contributed by atoms with Crippen LogP contribution >= 0.6 is 23.1 Å². The monoisotopic (exact) mass is 330 g/mol. The predicted molar refractivity (Wildman–Crippen MR) is 88.0 cm³/mol. The lowest BCUT2D eigenvalue weighted by atomic mass is 10.00. The Hall–Kier alpha value is -1.69. The summed E-state index contributed by atoms with van der Waals surface area (Å²) in [6, 6.07) is 15.1. The highest BCUT2D eigenvalue weighted by atomic mass is 35.5.